The van der Waals surface area contributed by atoms with Gasteiger partial charge in [0.15, 0.2) is 0 Å². The number of ether oxygens (including phenoxy) is 9. The summed E-state index contributed by atoms with van der Waals surface area (Å²) in [7, 11) is 4.13. The smallest absolute Gasteiger partial charge is 0.384 e. The van der Waals surface area contributed by atoms with Crippen LogP contribution in [-0.4, -0.2) is 155 Å². The molecule has 10 nitrogen and oxygen atoms in total. The second kappa shape index (κ2) is 20.9. The van der Waals surface area contributed by atoms with Crippen LogP contribution in [0, 0.1) is 5.41 Å². The van der Waals surface area contributed by atoms with Crippen molar-refractivity contribution in [1.82, 2.24) is 0 Å². The van der Waals surface area contributed by atoms with Gasteiger partial charge in [-0.15, -0.1) is 0 Å². The molecule has 0 aromatic rings. The molecule has 0 saturated heterocycles. The van der Waals surface area contributed by atoms with E-state index in [1.165, 1.54) is 21.3 Å². The third-order valence-electron chi connectivity index (χ3n) is 6.11. The minimum Gasteiger partial charge on any atom is -0.457 e. The molecule has 0 rings (SSSR count). The summed E-state index contributed by atoms with van der Waals surface area (Å²) in [6.45, 7) is -4.49. The molecule has 0 aromatic heterocycles. The number of carbonyl (C=O) groups excluding carboxylic acids is 1. The molecule has 22 heteroatoms. The molecule has 1 atom stereocenters. The van der Waals surface area contributed by atoms with E-state index in [0.29, 0.717) is 0 Å². The SMILES string of the molecule is COCCOCCOCC(C)(COCC(F)(F)C(F)(F)C(F)(F)C(F)(F)C(F)(F)C(F)F)C(=O)OC(COCCOC)COCCOC. The Labute approximate surface area is 268 Å². The quantitative estimate of drug-likeness (QED) is 0.0625. The fourth-order valence-corrected chi connectivity index (χ4v) is 3.21. The van der Waals surface area contributed by atoms with E-state index in [9.17, 15) is 57.5 Å². The van der Waals surface area contributed by atoms with E-state index in [0.717, 1.165) is 6.92 Å². The van der Waals surface area contributed by atoms with Gasteiger partial charge in [-0.2, -0.15) is 43.9 Å². The fourth-order valence-electron chi connectivity index (χ4n) is 3.21. The lowest BCUT2D eigenvalue weighted by Gasteiger charge is -2.39. The van der Waals surface area contributed by atoms with E-state index < -0.39 is 73.3 Å². The lowest BCUT2D eigenvalue weighted by atomic mass is 9.92. The minimum atomic E-state index is -7.72. The van der Waals surface area contributed by atoms with Crippen LogP contribution in [0.2, 0.25) is 0 Å². The highest BCUT2D eigenvalue weighted by molar-refractivity contribution is 5.77. The average molecular weight is 741 g/mol. The minimum absolute atomic E-state index is 0.0192. The number of alkyl halides is 12. The van der Waals surface area contributed by atoms with Gasteiger partial charge in [-0.1, -0.05) is 0 Å². The zero-order chi connectivity index (χ0) is 37.3. The second-order valence-corrected chi connectivity index (χ2v) is 10.2. The highest BCUT2D eigenvalue weighted by atomic mass is 19.4. The van der Waals surface area contributed by atoms with Crippen molar-refractivity contribution in [2.75, 3.05) is 107 Å². The van der Waals surface area contributed by atoms with E-state index in [1.807, 2.05) is 0 Å². The Kier molecular flexibility index (Phi) is 20.1. The number of carbonyl (C=O) groups is 1. The summed E-state index contributed by atoms with van der Waals surface area (Å²) in [5.41, 5.74) is -2.22. The van der Waals surface area contributed by atoms with Gasteiger partial charge in [0, 0.05) is 21.3 Å². The predicted octanol–water partition coefficient (Wildman–Crippen LogP) is 4.37. The summed E-state index contributed by atoms with van der Waals surface area (Å²) in [5.74, 6) is -37.6. The van der Waals surface area contributed by atoms with Crippen LogP contribution < -0.4 is 0 Å². The third kappa shape index (κ3) is 12.9. The zero-order valence-corrected chi connectivity index (χ0v) is 26.5. The summed E-state index contributed by atoms with van der Waals surface area (Å²) < 4.78 is 208. The van der Waals surface area contributed by atoms with Crippen molar-refractivity contribution in [2.24, 2.45) is 5.41 Å². The van der Waals surface area contributed by atoms with E-state index in [-0.39, 0.29) is 66.1 Å². The number of esters is 1. The maximum atomic E-state index is 14.3. The Bertz CT molecular complexity index is 890. The predicted molar refractivity (Wildman–Crippen MR) is 138 cm³/mol. The van der Waals surface area contributed by atoms with Gasteiger partial charge in [0.25, 0.3) is 0 Å². The molecule has 0 aliphatic heterocycles. The van der Waals surface area contributed by atoms with Crippen molar-refractivity contribution in [3.05, 3.63) is 0 Å². The molecule has 48 heavy (non-hydrogen) atoms. The van der Waals surface area contributed by atoms with Gasteiger partial charge in [0.1, 0.15) is 18.1 Å². The number of methoxy groups -OCH3 is 3. The second-order valence-electron chi connectivity index (χ2n) is 10.2. The van der Waals surface area contributed by atoms with Crippen molar-refractivity contribution < 1.29 is 100 Å². The van der Waals surface area contributed by atoms with Crippen molar-refractivity contribution in [1.29, 1.82) is 0 Å². The standard InChI is InChI=1S/C26H40F12O10/c1-21(15-46-12-11-43-8-5-40-2,20(39)48-18(13-44-9-6-41-3)14-45-10-7-42-4)16-47-17-22(29,30)24(33,34)26(37,38)25(35,36)23(31,32)19(27)28/h18-19H,5-17H2,1-4H3. The fraction of sp³-hybridized carbons (Fsp3) is 0.962. The van der Waals surface area contributed by atoms with Gasteiger partial charge < -0.3 is 42.6 Å². The lowest BCUT2D eigenvalue weighted by molar-refractivity contribution is -0.415. The van der Waals surface area contributed by atoms with Crippen LogP contribution >= 0.6 is 0 Å². The van der Waals surface area contributed by atoms with Crippen LogP contribution in [0.4, 0.5) is 52.7 Å². The maximum absolute atomic E-state index is 14.3. The number of hydrogen-bond acceptors (Lipinski definition) is 10. The van der Waals surface area contributed by atoms with Crippen LogP contribution in [0.3, 0.4) is 0 Å². The third-order valence-corrected chi connectivity index (χ3v) is 6.11. The summed E-state index contributed by atoms with van der Waals surface area (Å²) in [4.78, 5) is 13.2. The first kappa shape index (κ1) is 46.3. The van der Waals surface area contributed by atoms with Crippen LogP contribution in [0.1, 0.15) is 6.92 Å². The van der Waals surface area contributed by atoms with E-state index in [2.05, 4.69) is 4.74 Å². The lowest BCUT2D eigenvalue weighted by Crippen LogP contribution is -2.69. The molecule has 288 valence electrons. The topological polar surface area (TPSA) is 100 Å². The summed E-state index contributed by atoms with van der Waals surface area (Å²) in [6, 6.07) is 0. The van der Waals surface area contributed by atoms with Crippen molar-refractivity contribution in [3.8, 4) is 0 Å². The molecule has 0 heterocycles. The first-order valence-electron chi connectivity index (χ1n) is 13.9. The highest BCUT2D eigenvalue weighted by Gasteiger charge is 2.87. The Hall–Kier alpha value is -1.69. The first-order valence-corrected chi connectivity index (χ1v) is 13.9. The molecular weight excluding hydrogens is 700 g/mol. The summed E-state index contributed by atoms with van der Waals surface area (Å²) >= 11 is 0. The normalized spacial score (nSPS) is 15.0. The molecule has 0 aromatic carbocycles. The molecule has 0 spiro atoms. The van der Waals surface area contributed by atoms with Gasteiger partial charge in [-0.05, 0) is 6.92 Å². The number of halogens is 12. The van der Waals surface area contributed by atoms with Gasteiger partial charge >= 0.3 is 42.0 Å². The Balaban J connectivity index is 5.96. The van der Waals surface area contributed by atoms with Gasteiger partial charge in [0.2, 0.25) is 0 Å². The molecule has 0 radical (unpaired) electrons. The average Bonchev–Trinajstić information content (AvgIpc) is 3.00. The molecular formula is C26H40F12O10. The molecule has 0 amide bonds. The maximum Gasteiger partial charge on any atom is 0.384 e. The van der Waals surface area contributed by atoms with Crippen LogP contribution in [0.15, 0.2) is 0 Å². The summed E-state index contributed by atoms with van der Waals surface area (Å²) in [6.07, 6.45) is -6.83. The van der Waals surface area contributed by atoms with Crippen molar-refractivity contribution in [3.63, 3.8) is 0 Å². The Morgan fingerprint density at radius 2 is 0.958 bits per heavy atom. The largest absolute Gasteiger partial charge is 0.457 e. The van der Waals surface area contributed by atoms with Gasteiger partial charge in [0.05, 0.1) is 79.3 Å². The van der Waals surface area contributed by atoms with Gasteiger partial charge in [-0.25, -0.2) is 8.78 Å². The molecule has 0 aliphatic rings. The Morgan fingerprint density at radius 3 is 1.42 bits per heavy atom. The first-order chi connectivity index (χ1) is 22.1. The summed E-state index contributed by atoms with van der Waals surface area (Å²) in [5, 5.41) is 0. The molecule has 1 unspecified atom stereocenters. The molecule has 0 aliphatic carbocycles. The van der Waals surface area contributed by atoms with E-state index in [4.69, 9.17) is 37.9 Å². The number of hydrogen-bond donors (Lipinski definition) is 0. The van der Waals surface area contributed by atoms with E-state index in [1.54, 1.807) is 0 Å². The zero-order valence-electron chi connectivity index (χ0n) is 26.5. The van der Waals surface area contributed by atoms with Gasteiger partial charge in [-0.3, -0.25) is 4.79 Å². The van der Waals surface area contributed by atoms with Crippen molar-refractivity contribution >= 4 is 5.97 Å². The molecule has 0 N–H and O–H groups in total. The van der Waals surface area contributed by atoms with E-state index >= 15 is 0 Å². The molecule has 0 saturated carbocycles. The van der Waals surface area contributed by atoms with Crippen LogP contribution in [0.25, 0.3) is 0 Å². The highest BCUT2D eigenvalue weighted by Crippen LogP contribution is 2.58. The monoisotopic (exact) mass is 740 g/mol. The van der Waals surface area contributed by atoms with Crippen molar-refractivity contribution in [2.45, 2.75) is 49.1 Å². The Morgan fingerprint density at radius 1 is 0.542 bits per heavy atom. The molecule has 0 fully saturated rings. The number of rotatable bonds is 29. The van der Waals surface area contributed by atoms with Crippen LogP contribution in [0.5, 0.6) is 0 Å². The van der Waals surface area contributed by atoms with Crippen LogP contribution in [-0.2, 0) is 47.4 Å². The molecule has 0 bridgehead atoms.